The van der Waals surface area contributed by atoms with E-state index in [9.17, 15) is 13.5 Å². The van der Waals surface area contributed by atoms with Gasteiger partial charge in [-0.3, -0.25) is 0 Å². The number of hydrogen-bond acceptors (Lipinski definition) is 5. The molecular weight excluding hydrogens is 388 g/mol. The number of halogens is 1. The second-order valence-corrected chi connectivity index (χ2v) is 8.52. The Hall–Kier alpha value is -1.64. The smallest absolute Gasteiger partial charge is 0.215 e. The van der Waals surface area contributed by atoms with Gasteiger partial charge in [-0.15, -0.1) is 0 Å². The van der Waals surface area contributed by atoms with Crippen LogP contribution in [-0.2, 0) is 22.2 Å². The van der Waals surface area contributed by atoms with Crippen LogP contribution in [0.15, 0.2) is 48.5 Å². The van der Waals surface area contributed by atoms with E-state index in [1.807, 2.05) is 24.3 Å². The van der Waals surface area contributed by atoms with Crippen LogP contribution in [0.4, 0.5) is 0 Å². The van der Waals surface area contributed by atoms with E-state index in [0.717, 1.165) is 23.6 Å². The summed E-state index contributed by atoms with van der Waals surface area (Å²) in [6.07, 6.45) is 0.180. The van der Waals surface area contributed by atoms with Crippen LogP contribution in [-0.4, -0.2) is 46.4 Å². The minimum atomic E-state index is -3.29. The maximum absolute atomic E-state index is 11.5. The summed E-state index contributed by atoms with van der Waals surface area (Å²) in [6.45, 7) is 1.30. The Morgan fingerprint density at radius 2 is 1.89 bits per heavy atom. The van der Waals surface area contributed by atoms with Gasteiger partial charge in [-0.2, -0.15) is 0 Å². The van der Waals surface area contributed by atoms with E-state index in [0.29, 0.717) is 17.9 Å². The van der Waals surface area contributed by atoms with Gasteiger partial charge in [0.2, 0.25) is 10.0 Å². The van der Waals surface area contributed by atoms with E-state index >= 15 is 0 Å². The highest BCUT2D eigenvalue weighted by Crippen LogP contribution is 2.14. The lowest BCUT2D eigenvalue weighted by Crippen LogP contribution is -2.32. The summed E-state index contributed by atoms with van der Waals surface area (Å²) in [7, 11) is -1.91. The van der Waals surface area contributed by atoms with Crippen molar-refractivity contribution in [3.05, 3.63) is 64.7 Å². The molecule has 2 aromatic rings. The number of rotatable bonds is 11. The van der Waals surface area contributed by atoms with Crippen LogP contribution in [0, 0.1) is 0 Å². The van der Waals surface area contributed by atoms with Crippen molar-refractivity contribution >= 4 is 21.6 Å². The van der Waals surface area contributed by atoms with Crippen LogP contribution in [0.1, 0.15) is 11.1 Å². The summed E-state index contributed by atoms with van der Waals surface area (Å²) in [5.41, 5.74) is 1.81. The third-order valence-electron chi connectivity index (χ3n) is 3.89. The molecule has 8 heteroatoms. The Labute approximate surface area is 165 Å². The molecule has 0 saturated carbocycles. The molecule has 0 radical (unpaired) electrons. The highest BCUT2D eigenvalue weighted by Gasteiger charge is 2.09. The third-order valence-corrected chi connectivity index (χ3v) is 5.46. The summed E-state index contributed by atoms with van der Waals surface area (Å²) in [6, 6.07) is 14.5. The van der Waals surface area contributed by atoms with Crippen molar-refractivity contribution in [1.29, 1.82) is 0 Å². The van der Waals surface area contributed by atoms with Gasteiger partial charge in [0.15, 0.2) is 0 Å². The number of benzene rings is 2. The molecule has 2 aromatic carbocycles. The minimum Gasteiger partial charge on any atom is -0.491 e. The third kappa shape index (κ3) is 8.28. The molecule has 6 nitrogen and oxygen atoms in total. The largest absolute Gasteiger partial charge is 0.491 e. The Bertz CT molecular complexity index is 813. The first-order valence-corrected chi connectivity index (χ1v) is 10.7. The van der Waals surface area contributed by atoms with Gasteiger partial charge in [0, 0.05) is 11.6 Å². The molecule has 0 aliphatic carbocycles. The SMILES string of the molecule is CNS(=O)(=O)Cc1ccc(OC[C@@H](O)CNCCc2cccc(Cl)c2)cc1. The lowest BCUT2D eigenvalue weighted by Gasteiger charge is -2.13. The molecule has 2 rings (SSSR count). The molecule has 27 heavy (non-hydrogen) atoms. The van der Waals surface area contributed by atoms with E-state index in [1.54, 1.807) is 24.3 Å². The maximum atomic E-state index is 11.5. The van der Waals surface area contributed by atoms with Gasteiger partial charge >= 0.3 is 0 Å². The molecular formula is C19H25ClN2O4S. The van der Waals surface area contributed by atoms with Crippen molar-refractivity contribution in [2.24, 2.45) is 0 Å². The van der Waals surface area contributed by atoms with Crippen LogP contribution in [0.5, 0.6) is 5.75 Å². The molecule has 0 aliphatic heterocycles. The quantitative estimate of drug-likeness (QED) is 0.491. The lowest BCUT2D eigenvalue weighted by molar-refractivity contribution is 0.106. The van der Waals surface area contributed by atoms with E-state index in [1.165, 1.54) is 7.05 Å². The molecule has 0 spiro atoms. The molecule has 3 N–H and O–H groups in total. The van der Waals surface area contributed by atoms with Crippen LogP contribution in [0.25, 0.3) is 0 Å². The Balaban J connectivity index is 1.67. The maximum Gasteiger partial charge on any atom is 0.215 e. The zero-order valence-electron chi connectivity index (χ0n) is 15.2. The second kappa shape index (κ2) is 10.6. The first kappa shape index (κ1) is 21.7. The van der Waals surface area contributed by atoms with Crippen molar-refractivity contribution in [1.82, 2.24) is 10.0 Å². The van der Waals surface area contributed by atoms with E-state index in [-0.39, 0.29) is 12.4 Å². The highest BCUT2D eigenvalue weighted by atomic mass is 35.5. The second-order valence-electron chi connectivity index (χ2n) is 6.16. The minimum absolute atomic E-state index is 0.0804. The van der Waals surface area contributed by atoms with Crippen molar-refractivity contribution in [3.8, 4) is 5.75 Å². The molecule has 0 bridgehead atoms. The van der Waals surface area contributed by atoms with Crippen LogP contribution < -0.4 is 14.8 Å². The Morgan fingerprint density at radius 1 is 1.15 bits per heavy atom. The fourth-order valence-electron chi connectivity index (χ4n) is 2.42. The van der Waals surface area contributed by atoms with Gasteiger partial charge in [-0.1, -0.05) is 35.9 Å². The van der Waals surface area contributed by atoms with Crippen molar-refractivity contribution in [2.75, 3.05) is 26.7 Å². The molecule has 0 unspecified atom stereocenters. The summed E-state index contributed by atoms with van der Waals surface area (Å²) >= 11 is 5.95. The molecule has 0 saturated heterocycles. The van der Waals surface area contributed by atoms with Crippen LogP contribution in [0.3, 0.4) is 0 Å². The topological polar surface area (TPSA) is 87.7 Å². The summed E-state index contributed by atoms with van der Waals surface area (Å²) in [5.74, 6) is 0.502. The van der Waals surface area contributed by atoms with E-state index in [4.69, 9.17) is 16.3 Å². The molecule has 0 aliphatic rings. The van der Waals surface area contributed by atoms with Gasteiger partial charge in [0.25, 0.3) is 0 Å². The number of nitrogens with one attached hydrogen (secondary N) is 2. The molecule has 0 fully saturated rings. The first-order valence-electron chi connectivity index (χ1n) is 8.64. The lowest BCUT2D eigenvalue weighted by atomic mass is 10.1. The number of hydrogen-bond donors (Lipinski definition) is 3. The van der Waals surface area contributed by atoms with Crippen molar-refractivity contribution in [2.45, 2.75) is 18.3 Å². The average molecular weight is 413 g/mol. The molecule has 0 aromatic heterocycles. The summed E-state index contributed by atoms with van der Waals surface area (Å²) in [5, 5.41) is 13.9. The van der Waals surface area contributed by atoms with Gasteiger partial charge in [0.1, 0.15) is 18.5 Å². The van der Waals surface area contributed by atoms with Gasteiger partial charge in [-0.05, 0) is 55.4 Å². The zero-order valence-corrected chi connectivity index (χ0v) is 16.8. The normalized spacial score (nSPS) is 12.7. The summed E-state index contributed by atoms with van der Waals surface area (Å²) in [4.78, 5) is 0. The van der Waals surface area contributed by atoms with Crippen LogP contribution >= 0.6 is 11.6 Å². The number of sulfonamides is 1. The average Bonchev–Trinajstić information content (AvgIpc) is 2.64. The Morgan fingerprint density at radius 3 is 2.56 bits per heavy atom. The first-order chi connectivity index (χ1) is 12.9. The number of aliphatic hydroxyl groups excluding tert-OH is 1. The van der Waals surface area contributed by atoms with Crippen molar-refractivity contribution < 1.29 is 18.3 Å². The fraction of sp³-hybridized carbons (Fsp3) is 0.368. The standard InChI is InChI=1S/C19H25ClN2O4S/c1-21-27(24,25)14-16-5-7-19(8-6-16)26-13-18(23)12-22-10-9-15-3-2-4-17(20)11-15/h2-8,11,18,21-23H,9-10,12-14H2,1H3/t18-/m0/s1. The van der Waals surface area contributed by atoms with Gasteiger partial charge in [0.05, 0.1) is 5.75 Å². The zero-order chi connectivity index (χ0) is 19.7. The molecule has 0 heterocycles. The van der Waals surface area contributed by atoms with Crippen LogP contribution in [0.2, 0.25) is 5.02 Å². The molecule has 1 atom stereocenters. The van der Waals surface area contributed by atoms with Crippen molar-refractivity contribution in [3.63, 3.8) is 0 Å². The predicted octanol–water partition coefficient (Wildman–Crippen LogP) is 1.96. The summed E-state index contributed by atoms with van der Waals surface area (Å²) < 4.78 is 30.8. The van der Waals surface area contributed by atoms with Gasteiger partial charge < -0.3 is 15.2 Å². The molecule has 148 valence electrons. The number of ether oxygens (including phenoxy) is 1. The fourth-order valence-corrected chi connectivity index (χ4v) is 3.41. The van der Waals surface area contributed by atoms with Gasteiger partial charge in [-0.25, -0.2) is 13.1 Å². The Kier molecular flexibility index (Phi) is 8.53. The number of aliphatic hydroxyl groups is 1. The monoisotopic (exact) mass is 412 g/mol. The molecule has 0 amide bonds. The van der Waals surface area contributed by atoms with E-state index < -0.39 is 16.1 Å². The van der Waals surface area contributed by atoms with E-state index in [2.05, 4.69) is 10.0 Å². The highest BCUT2D eigenvalue weighted by molar-refractivity contribution is 7.88. The predicted molar refractivity (Wildman–Crippen MR) is 108 cm³/mol.